The van der Waals surface area contributed by atoms with Crippen molar-refractivity contribution in [2.24, 2.45) is 0 Å². The Morgan fingerprint density at radius 2 is 1.92 bits per heavy atom. The lowest BCUT2D eigenvalue weighted by Crippen LogP contribution is -2.10. The second-order valence-electron chi connectivity index (χ2n) is 10.3. The predicted molar refractivity (Wildman–Crippen MR) is 148 cm³/mol. The van der Waals surface area contributed by atoms with Crippen LogP contribution < -0.4 is 9.47 Å². The molecule has 0 saturated carbocycles. The van der Waals surface area contributed by atoms with Gasteiger partial charge >= 0.3 is 5.97 Å². The van der Waals surface area contributed by atoms with Gasteiger partial charge in [0.2, 0.25) is 0 Å². The molecule has 1 aromatic heterocycles. The molecule has 0 fully saturated rings. The number of aliphatic hydroxyl groups is 1. The van der Waals surface area contributed by atoms with Gasteiger partial charge in [-0.1, -0.05) is 6.07 Å². The minimum atomic E-state index is -0.906. The molecule has 38 heavy (non-hydrogen) atoms. The Morgan fingerprint density at radius 1 is 1.18 bits per heavy atom. The molecule has 0 saturated heterocycles. The van der Waals surface area contributed by atoms with Crippen molar-refractivity contribution in [3.63, 3.8) is 0 Å². The highest BCUT2D eigenvalue weighted by Crippen LogP contribution is 2.44. The summed E-state index contributed by atoms with van der Waals surface area (Å²) in [6.07, 6.45) is 2.47. The summed E-state index contributed by atoms with van der Waals surface area (Å²) in [5.74, 6) is 0.403. The first kappa shape index (κ1) is 26.9. The molecule has 196 valence electrons. The summed E-state index contributed by atoms with van der Waals surface area (Å²) in [6, 6.07) is 13.6. The molecule has 2 N–H and O–H groups in total. The monoisotopic (exact) mass is 512 g/mol. The van der Waals surface area contributed by atoms with Crippen LogP contribution in [0.25, 0.3) is 32.8 Å². The Morgan fingerprint density at radius 3 is 2.58 bits per heavy atom. The van der Waals surface area contributed by atoms with Gasteiger partial charge in [0.05, 0.1) is 36.3 Å². The van der Waals surface area contributed by atoms with E-state index in [0.29, 0.717) is 24.5 Å². The highest BCUT2D eigenvalue weighted by molar-refractivity contribution is 6.10. The van der Waals surface area contributed by atoms with Crippen LogP contribution in [0.15, 0.2) is 42.6 Å². The number of ether oxygens (including phenoxy) is 2. The highest BCUT2D eigenvalue weighted by Gasteiger charge is 2.23. The molecule has 0 aliphatic carbocycles. The Kier molecular flexibility index (Phi) is 7.56. The highest BCUT2D eigenvalue weighted by atomic mass is 16.5. The number of carbonyl (C=O) groups is 1. The van der Waals surface area contributed by atoms with Crippen LogP contribution in [-0.2, 0) is 17.6 Å². The Bertz CT molecular complexity index is 1560. The fraction of sp³-hybridized carbons (Fsp3) is 0.323. The average Bonchev–Trinajstić information content (AvgIpc) is 2.85. The summed E-state index contributed by atoms with van der Waals surface area (Å²) < 4.78 is 11.8. The van der Waals surface area contributed by atoms with Gasteiger partial charge in [-0.2, -0.15) is 5.26 Å². The number of carboxylic acid groups (broad SMARTS) is 1. The van der Waals surface area contributed by atoms with Crippen molar-refractivity contribution in [1.29, 1.82) is 5.26 Å². The smallest absolute Gasteiger partial charge is 0.307 e. The van der Waals surface area contributed by atoms with Gasteiger partial charge in [-0.15, -0.1) is 0 Å². The molecule has 2 heterocycles. The van der Waals surface area contributed by atoms with Crippen molar-refractivity contribution in [3.8, 4) is 28.7 Å². The van der Waals surface area contributed by atoms with E-state index in [-0.39, 0.29) is 6.42 Å². The number of hydrogen-bond acceptors (Lipinski definition) is 6. The van der Waals surface area contributed by atoms with E-state index in [2.05, 4.69) is 6.07 Å². The molecular weight excluding hydrogens is 480 g/mol. The molecule has 0 bridgehead atoms. The van der Waals surface area contributed by atoms with Crippen molar-refractivity contribution in [2.45, 2.75) is 53.1 Å². The second kappa shape index (κ2) is 10.7. The summed E-state index contributed by atoms with van der Waals surface area (Å²) in [5.41, 5.74) is 5.10. The normalized spacial score (nSPS) is 12.3. The van der Waals surface area contributed by atoms with Gasteiger partial charge in [0, 0.05) is 29.0 Å². The average molecular weight is 513 g/mol. The SMILES string of the molecule is CC(C)(C)O.CCOc1c(C#N)ccc2c(-c3ccc4c5c(ccnc35)CCO4)c(CC(=O)O)c(C)cc12. The third-order valence-electron chi connectivity index (χ3n) is 6.18. The Labute approximate surface area is 222 Å². The molecule has 0 spiro atoms. The maximum atomic E-state index is 11.8. The summed E-state index contributed by atoms with van der Waals surface area (Å²) >= 11 is 0. The van der Waals surface area contributed by atoms with Crippen LogP contribution in [0.2, 0.25) is 0 Å². The first-order chi connectivity index (χ1) is 18.0. The summed E-state index contributed by atoms with van der Waals surface area (Å²) in [5, 5.41) is 30.4. The zero-order valence-electron chi connectivity index (χ0n) is 22.4. The fourth-order valence-corrected chi connectivity index (χ4v) is 4.80. The maximum absolute atomic E-state index is 11.8. The third kappa shape index (κ3) is 5.41. The number of aryl methyl sites for hydroxylation is 1. The third-order valence-corrected chi connectivity index (χ3v) is 6.18. The molecule has 4 aromatic rings. The zero-order chi connectivity index (χ0) is 27.6. The standard InChI is InChI=1S/C27H22N2O4.C4H10O/c1-3-32-27-17(14-28)4-5-18-21(27)12-15(2)20(13-23(30)31)25(18)19-6-7-22-24-16(9-11-33-22)8-10-29-26(19)24;1-4(2,3)5/h4-8,10,12H,3,9,11,13H2,1-2H3,(H,30,31);5H,1-3H3. The first-order valence-corrected chi connectivity index (χ1v) is 12.6. The minimum Gasteiger partial charge on any atom is -0.493 e. The number of nitriles is 1. The van der Waals surface area contributed by atoms with Gasteiger partial charge in [0.15, 0.2) is 0 Å². The molecule has 0 radical (unpaired) electrons. The van der Waals surface area contributed by atoms with E-state index in [4.69, 9.17) is 19.6 Å². The van der Waals surface area contributed by atoms with E-state index in [0.717, 1.165) is 56.1 Å². The van der Waals surface area contributed by atoms with E-state index >= 15 is 0 Å². The lowest BCUT2D eigenvalue weighted by atomic mass is 9.86. The van der Waals surface area contributed by atoms with Crippen molar-refractivity contribution < 1.29 is 24.5 Å². The topological polar surface area (TPSA) is 113 Å². The van der Waals surface area contributed by atoms with Crippen molar-refractivity contribution >= 4 is 27.6 Å². The molecule has 3 aromatic carbocycles. The van der Waals surface area contributed by atoms with Gasteiger partial charge < -0.3 is 19.7 Å². The van der Waals surface area contributed by atoms with Crippen LogP contribution in [0, 0.1) is 18.3 Å². The number of pyridine rings is 1. The minimum absolute atomic E-state index is 0.124. The number of rotatable bonds is 5. The van der Waals surface area contributed by atoms with Gasteiger partial charge in [-0.3, -0.25) is 9.78 Å². The lowest BCUT2D eigenvalue weighted by molar-refractivity contribution is -0.136. The fourth-order valence-electron chi connectivity index (χ4n) is 4.80. The van der Waals surface area contributed by atoms with Crippen LogP contribution >= 0.6 is 0 Å². The number of benzene rings is 3. The van der Waals surface area contributed by atoms with Crippen LogP contribution in [0.5, 0.6) is 11.5 Å². The molecule has 1 aliphatic heterocycles. The number of carboxylic acids is 1. The van der Waals surface area contributed by atoms with Crippen molar-refractivity contribution in [2.75, 3.05) is 13.2 Å². The summed E-state index contributed by atoms with van der Waals surface area (Å²) in [7, 11) is 0. The van der Waals surface area contributed by atoms with Crippen LogP contribution in [0.1, 0.15) is 49.9 Å². The largest absolute Gasteiger partial charge is 0.493 e. The van der Waals surface area contributed by atoms with E-state index in [9.17, 15) is 15.2 Å². The van der Waals surface area contributed by atoms with E-state index in [1.165, 1.54) is 5.56 Å². The Hall–Kier alpha value is -4.15. The van der Waals surface area contributed by atoms with E-state index in [1.54, 1.807) is 33.0 Å². The molecule has 1 aliphatic rings. The Balaban J connectivity index is 0.000000617. The van der Waals surface area contributed by atoms with Gasteiger partial charge in [-0.05, 0) is 92.6 Å². The molecule has 5 rings (SSSR count). The molecule has 7 nitrogen and oxygen atoms in total. The van der Waals surface area contributed by atoms with Crippen LogP contribution in [0.4, 0.5) is 0 Å². The summed E-state index contributed by atoms with van der Waals surface area (Å²) in [4.78, 5) is 16.5. The number of hydrogen-bond donors (Lipinski definition) is 2. The predicted octanol–water partition coefficient (Wildman–Crippen LogP) is 5.97. The number of aliphatic carboxylic acids is 1. The molecular formula is C31H32N2O5. The lowest BCUT2D eigenvalue weighted by Gasteiger charge is -2.22. The first-order valence-electron chi connectivity index (χ1n) is 12.6. The van der Waals surface area contributed by atoms with Gasteiger partial charge in [-0.25, -0.2) is 0 Å². The second-order valence-corrected chi connectivity index (χ2v) is 10.3. The van der Waals surface area contributed by atoms with Crippen LogP contribution in [0.3, 0.4) is 0 Å². The van der Waals surface area contributed by atoms with Gasteiger partial charge in [0.1, 0.15) is 17.6 Å². The maximum Gasteiger partial charge on any atom is 0.307 e. The summed E-state index contributed by atoms with van der Waals surface area (Å²) in [6.45, 7) is 10.0. The van der Waals surface area contributed by atoms with Crippen LogP contribution in [-0.4, -0.2) is 40.0 Å². The number of fused-ring (bicyclic) bond motifs is 1. The van der Waals surface area contributed by atoms with E-state index in [1.807, 2.05) is 44.2 Å². The van der Waals surface area contributed by atoms with Gasteiger partial charge in [0.25, 0.3) is 0 Å². The number of aromatic nitrogens is 1. The van der Waals surface area contributed by atoms with Crippen molar-refractivity contribution in [1.82, 2.24) is 4.98 Å². The number of nitrogens with zero attached hydrogens (tertiary/aromatic N) is 2. The zero-order valence-corrected chi connectivity index (χ0v) is 22.4. The molecule has 0 amide bonds. The quantitative estimate of drug-likeness (QED) is 0.339. The molecule has 7 heteroatoms. The van der Waals surface area contributed by atoms with E-state index < -0.39 is 11.6 Å². The van der Waals surface area contributed by atoms with Crippen molar-refractivity contribution in [3.05, 3.63) is 64.8 Å². The molecule has 0 unspecified atom stereocenters. The molecule has 0 atom stereocenters.